The highest BCUT2D eigenvalue weighted by Crippen LogP contribution is 2.36. The Hall–Kier alpha value is -2.10. The predicted octanol–water partition coefficient (Wildman–Crippen LogP) is 2.46. The first kappa shape index (κ1) is 19.2. The first-order valence-corrected chi connectivity index (χ1v) is 11.9. The molecule has 1 fully saturated rings. The topological polar surface area (TPSA) is 69.6 Å². The number of anilines is 2. The van der Waals surface area contributed by atoms with Gasteiger partial charge in [0.2, 0.25) is 10.0 Å². The summed E-state index contributed by atoms with van der Waals surface area (Å²) >= 11 is 1.78. The third-order valence-corrected chi connectivity index (χ3v) is 7.43. The zero-order chi connectivity index (χ0) is 19.7. The molecule has 148 valence electrons. The van der Waals surface area contributed by atoms with Crippen LogP contribution in [0.1, 0.15) is 12.5 Å². The van der Waals surface area contributed by atoms with Crippen molar-refractivity contribution in [2.75, 3.05) is 41.6 Å². The fourth-order valence-corrected chi connectivity index (χ4v) is 5.71. The summed E-state index contributed by atoms with van der Waals surface area (Å²) in [5, 5.41) is 0. The van der Waals surface area contributed by atoms with Crippen molar-refractivity contribution in [2.24, 2.45) is 0 Å². The second-order valence-electron chi connectivity index (χ2n) is 7.01. The lowest BCUT2D eigenvalue weighted by Gasteiger charge is -2.39. The van der Waals surface area contributed by atoms with Crippen LogP contribution in [0.25, 0.3) is 4.91 Å². The van der Waals surface area contributed by atoms with Crippen molar-refractivity contribution in [3.8, 4) is 0 Å². The first-order valence-electron chi connectivity index (χ1n) is 9.11. The van der Waals surface area contributed by atoms with Gasteiger partial charge in [-0.1, -0.05) is 0 Å². The number of sulfonamides is 1. The van der Waals surface area contributed by atoms with E-state index in [1.165, 1.54) is 11.2 Å². The second-order valence-corrected chi connectivity index (χ2v) is 9.94. The second kappa shape index (κ2) is 7.73. The minimum atomic E-state index is -3.16. The van der Waals surface area contributed by atoms with Gasteiger partial charge in [-0.3, -0.25) is 4.98 Å². The third-order valence-electron chi connectivity index (χ3n) is 4.98. The molecule has 0 spiro atoms. The van der Waals surface area contributed by atoms with E-state index in [-0.39, 0.29) is 6.04 Å². The maximum absolute atomic E-state index is 11.9. The number of nitrogens with zero attached hydrogens (tertiary/aromatic N) is 5. The summed E-state index contributed by atoms with van der Waals surface area (Å²) in [6.45, 7) is 3.80. The molecular formula is C19H23N5O2S2. The molecule has 2 aromatic heterocycles. The smallest absolute Gasteiger partial charge is 0.211 e. The van der Waals surface area contributed by atoms with Gasteiger partial charge in [-0.05, 0) is 30.7 Å². The lowest BCUT2D eigenvalue weighted by atomic mass is 10.2. The van der Waals surface area contributed by atoms with Crippen LogP contribution in [0.15, 0.2) is 49.1 Å². The third kappa shape index (κ3) is 4.01. The highest BCUT2D eigenvalue weighted by atomic mass is 32.2. The zero-order valence-corrected chi connectivity index (χ0v) is 17.5. The Labute approximate surface area is 170 Å². The van der Waals surface area contributed by atoms with E-state index in [0.29, 0.717) is 19.6 Å². The van der Waals surface area contributed by atoms with E-state index in [1.54, 1.807) is 28.5 Å². The van der Waals surface area contributed by atoms with Gasteiger partial charge in [-0.15, -0.1) is 11.8 Å². The molecule has 2 aromatic rings. The Bertz CT molecular complexity index is 981. The van der Waals surface area contributed by atoms with Crippen LogP contribution in [-0.2, 0) is 10.0 Å². The Kier molecular flexibility index (Phi) is 5.31. The average Bonchev–Trinajstić information content (AvgIpc) is 3.18. The van der Waals surface area contributed by atoms with Crippen LogP contribution in [0.5, 0.6) is 0 Å². The molecule has 1 saturated heterocycles. The minimum Gasteiger partial charge on any atom is -0.368 e. The fourth-order valence-electron chi connectivity index (χ4n) is 3.59. The quantitative estimate of drug-likeness (QED) is 0.757. The lowest BCUT2D eigenvalue weighted by Crippen LogP contribution is -2.53. The normalized spacial score (nSPS) is 21.1. The molecule has 0 aromatic carbocycles. The molecule has 0 amide bonds. The van der Waals surface area contributed by atoms with Crippen molar-refractivity contribution in [1.82, 2.24) is 14.3 Å². The van der Waals surface area contributed by atoms with Gasteiger partial charge in [0.05, 0.1) is 12.1 Å². The molecule has 2 aliphatic rings. The van der Waals surface area contributed by atoms with Gasteiger partial charge in [0, 0.05) is 67.1 Å². The highest BCUT2D eigenvalue weighted by molar-refractivity contribution is 8.08. The maximum Gasteiger partial charge on any atom is 0.211 e. The van der Waals surface area contributed by atoms with Gasteiger partial charge in [0.25, 0.3) is 0 Å². The molecular weight excluding hydrogens is 394 g/mol. The van der Waals surface area contributed by atoms with Crippen molar-refractivity contribution in [3.63, 3.8) is 0 Å². The molecule has 0 saturated carbocycles. The van der Waals surface area contributed by atoms with Crippen LogP contribution in [0.2, 0.25) is 0 Å². The van der Waals surface area contributed by atoms with Gasteiger partial charge in [0.1, 0.15) is 5.82 Å². The number of hydrogen-bond acceptors (Lipinski definition) is 7. The van der Waals surface area contributed by atoms with Crippen molar-refractivity contribution < 1.29 is 8.42 Å². The van der Waals surface area contributed by atoms with Crippen LogP contribution in [-0.4, -0.2) is 60.5 Å². The standard InChI is InChI=1S/C19H23N5O2S2/c1-15-12-22(9-10-24(15)28(2,25)26)17-5-8-21-19(11-17)23-13-18(27-14-23)16-3-6-20-7-4-16/h3-8,11,13,15H,9-10,12,14H2,1-2H3/t15-/m1/s1. The van der Waals surface area contributed by atoms with E-state index >= 15 is 0 Å². The van der Waals surface area contributed by atoms with Gasteiger partial charge in [0.15, 0.2) is 0 Å². The number of piperazine rings is 1. The van der Waals surface area contributed by atoms with Crippen LogP contribution >= 0.6 is 11.8 Å². The number of rotatable bonds is 4. The summed E-state index contributed by atoms with van der Waals surface area (Å²) < 4.78 is 25.4. The number of hydrogen-bond donors (Lipinski definition) is 0. The molecule has 0 bridgehead atoms. The van der Waals surface area contributed by atoms with Crippen LogP contribution in [0.4, 0.5) is 11.5 Å². The number of aromatic nitrogens is 2. The molecule has 4 heterocycles. The molecule has 1 atom stereocenters. The van der Waals surface area contributed by atoms with Gasteiger partial charge < -0.3 is 9.80 Å². The summed E-state index contributed by atoms with van der Waals surface area (Å²) in [4.78, 5) is 14.2. The molecule has 4 rings (SSSR count). The zero-order valence-electron chi connectivity index (χ0n) is 15.9. The van der Waals surface area contributed by atoms with E-state index < -0.39 is 10.0 Å². The summed E-state index contributed by atoms with van der Waals surface area (Å²) in [7, 11) is -3.16. The average molecular weight is 418 g/mol. The molecule has 0 N–H and O–H groups in total. The predicted molar refractivity (Wildman–Crippen MR) is 115 cm³/mol. The first-order chi connectivity index (χ1) is 13.4. The molecule has 0 unspecified atom stereocenters. The molecule has 7 nitrogen and oxygen atoms in total. The Morgan fingerprint density at radius 1 is 1.14 bits per heavy atom. The van der Waals surface area contributed by atoms with E-state index in [0.717, 1.165) is 22.9 Å². The van der Waals surface area contributed by atoms with Crippen molar-refractivity contribution >= 4 is 38.2 Å². The molecule has 0 aliphatic carbocycles. The van der Waals surface area contributed by atoms with E-state index in [9.17, 15) is 8.42 Å². The summed E-state index contributed by atoms with van der Waals surface area (Å²) in [5.41, 5.74) is 2.23. The molecule has 28 heavy (non-hydrogen) atoms. The summed E-state index contributed by atoms with van der Waals surface area (Å²) in [6.07, 6.45) is 8.82. The minimum absolute atomic E-state index is 0.0547. The number of pyridine rings is 2. The van der Waals surface area contributed by atoms with Gasteiger partial charge >= 0.3 is 0 Å². The van der Waals surface area contributed by atoms with Crippen LogP contribution < -0.4 is 9.80 Å². The molecule has 0 radical (unpaired) electrons. The Morgan fingerprint density at radius 3 is 2.64 bits per heavy atom. The highest BCUT2D eigenvalue weighted by Gasteiger charge is 2.30. The van der Waals surface area contributed by atoms with Crippen LogP contribution in [0, 0.1) is 0 Å². The summed E-state index contributed by atoms with van der Waals surface area (Å²) in [5.74, 6) is 1.71. The largest absolute Gasteiger partial charge is 0.368 e. The Balaban J connectivity index is 1.51. The monoisotopic (exact) mass is 417 g/mol. The lowest BCUT2D eigenvalue weighted by molar-refractivity contribution is 0.309. The van der Waals surface area contributed by atoms with E-state index in [2.05, 4.69) is 32.0 Å². The van der Waals surface area contributed by atoms with Crippen molar-refractivity contribution in [3.05, 3.63) is 54.6 Å². The van der Waals surface area contributed by atoms with Crippen molar-refractivity contribution in [1.29, 1.82) is 0 Å². The summed E-state index contributed by atoms with van der Waals surface area (Å²) in [6, 6.07) is 8.03. The van der Waals surface area contributed by atoms with Crippen molar-refractivity contribution in [2.45, 2.75) is 13.0 Å². The Morgan fingerprint density at radius 2 is 1.93 bits per heavy atom. The number of thioether (sulfide) groups is 1. The molecule has 9 heteroatoms. The van der Waals surface area contributed by atoms with Gasteiger partial charge in [-0.25, -0.2) is 13.4 Å². The molecule has 2 aliphatic heterocycles. The van der Waals surface area contributed by atoms with E-state index in [4.69, 9.17) is 0 Å². The fraction of sp³-hybridized carbons (Fsp3) is 0.368. The van der Waals surface area contributed by atoms with Gasteiger partial charge in [-0.2, -0.15) is 4.31 Å². The van der Waals surface area contributed by atoms with E-state index in [1.807, 2.05) is 31.3 Å². The van der Waals surface area contributed by atoms with Crippen LogP contribution in [0.3, 0.4) is 0 Å². The maximum atomic E-state index is 11.9. The SMILES string of the molecule is C[C@@H]1CN(c2ccnc(N3C=C(c4ccncc4)SC3)c2)CCN1S(C)(=O)=O.